The van der Waals surface area contributed by atoms with E-state index in [4.69, 9.17) is 5.11 Å². The zero-order chi connectivity index (χ0) is 13.9. The van der Waals surface area contributed by atoms with E-state index in [1.54, 1.807) is 25.1 Å². The number of rotatable bonds is 5. The quantitative estimate of drug-likeness (QED) is 0.841. The van der Waals surface area contributed by atoms with E-state index in [2.05, 4.69) is 4.72 Å². The lowest BCUT2D eigenvalue weighted by Crippen LogP contribution is -2.17. The van der Waals surface area contributed by atoms with Crippen molar-refractivity contribution >= 4 is 27.4 Å². The van der Waals surface area contributed by atoms with Gasteiger partial charge in [-0.3, -0.25) is 4.72 Å². The van der Waals surface area contributed by atoms with Crippen molar-refractivity contribution < 1.29 is 18.3 Å². The molecule has 0 spiro atoms. The van der Waals surface area contributed by atoms with E-state index in [9.17, 15) is 13.2 Å². The third-order valence-corrected chi connectivity index (χ3v) is 3.67. The predicted octanol–water partition coefficient (Wildman–Crippen LogP) is 1.21. The first-order valence-electron chi connectivity index (χ1n) is 5.32. The van der Waals surface area contributed by atoms with Crippen LogP contribution in [0, 0.1) is 0 Å². The number of nitrogens with one attached hydrogen (secondary N) is 1. The van der Waals surface area contributed by atoms with Crippen molar-refractivity contribution in [2.24, 2.45) is 0 Å². The van der Waals surface area contributed by atoms with E-state index in [0.717, 1.165) is 0 Å². The summed E-state index contributed by atoms with van der Waals surface area (Å²) < 4.78 is 25.1. The summed E-state index contributed by atoms with van der Waals surface area (Å²) in [7, 11) is 0.0352. The smallest absolute Gasteiger partial charge is 0.337 e. The van der Waals surface area contributed by atoms with Gasteiger partial charge in [0, 0.05) is 19.8 Å². The second-order valence-corrected chi connectivity index (χ2v) is 5.95. The van der Waals surface area contributed by atoms with Crippen LogP contribution in [0.25, 0.3) is 0 Å². The molecule has 0 saturated heterocycles. The second-order valence-electron chi connectivity index (χ2n) is 3.94. The number of carboxylic acid groups (broad SMARTS) is 1. The van der Waals surface area contributed by atoms with Gasteiger partial charge >= 0.3 is 5.97 Å². The zero-order valence-electron chi connectivity index (χ0n) is 10.5. The number of hydrogen-bond donors (Lipinski definition) is 2. The number of carboxylic acids is 1. The van der Waals surface area contributed by atoms with Gasteiger partial charge in [0.15, 0.2) is 0 Å². The van der Waals surface area contributed by atoms with Crippen molar-refractivity contribution in [1.29, 1.82) is 0 Å². The van der Waals surface area contributed by atoms with Gasteiger partial charge in [0.25, 0.3) is 0 Å². The van der Waals surface area contributed by atoms with Crippen LogP contribution >= 0.6 is 0 Å². The van der Waals surface area contributed by atoms with Crippen LogP contribution in [0.5, 0.6) is 0 Å². The number of carbonyl (C=O) groups is 1. The molecule has 0 aliphatic rings. The molecule has 0 aromatic heterocycles. The number of sulfonamides is 1. The monoisotopic (exact) mass is 272 g/mol. The fourth-order valence-electron chi connectivity index (χ4n) is 1.41. The van der Waals surface area contributed by atoms with Gasteiger partial charge in [0.2, 0.25) is 10.0 Å². The van der Waals surface area contributed by atoms with Gasteiger partial charge in [0.05, 0.1) is 17.0 Å². The highest BCUT2D eigenvalue weighted by molar-refractivity contribution is 7.92. The van der Waals surface area contributed by atoms with E-state index >= 15 is 0 Å². The summed E-state index contributed by atoms with van der Waals surface area (Å²) in [5, 5.41) is 9.09. The van der Waals surface area contributed by atoms with Crippen LogP contribution in [0.3, 0.4) is 0 Å². The van der Waals surface area contributed by atoms with Gasteiger partial charge in [-0.25, -0.2) is 13.2 Å². The van der Waals surface area contributed by atoms with E-state index in [0.29, 0.717) is 5.69 Å². The maximum Gasteiger partial charge on any atom is 0.337 e. The van der Waals surface area contributed by atoms with E-state index in [1.165, 1.54) is 19.1 Å². The first-order valence-corrected chi connectivity index (χ1v) is 6.97. The summed E-state index contributed by atoms with van der Waals surface area (Å²) in [6.45, 7) is 1.51. The van der Waals surface area contributed by atoms with Gasteiger partial charge in [-0.2, -0.15) is 0 Å². The van der Waals surface area contributed by atoms with E-state index in [1.807, 2.05) is 0 Å². The Balaban J connectivity index is 3.20. The summed E-state index contributed by atoms with van der Waals surface area (Å²) in [4.78, 5) is 12.8. The van der Waals surface area contributed by atoms with Crippen LogP contribution < -0.4 is 9.62 Å². The number of aromatic carboxylic acids is 1. The highest BCUT2D eigenvalue weighted by Gasteiger charge is 2.14. The summed E-state index contributed by atoms with van der Waals surface area (Å²) in [5.74, 6) is -1.17. The molecule has 0 fully saturated rings. The fourth-order valence-corrected chi connectivity index (χ4v) is 2.04. The lowest BCUT2D eigenvalue weighted by molar-refractivity contribution is 0.0697. The van der Waals surface area contributed by atoms with Gasteiger partial charge in [-0.05, 0) is 25.1 Å². The minimum atomic E-state index is -3.40. The summed E-state index contributed by atoms with van der Waals surface area (Å²) in [6.07, 6.45) is 0. The topological polar surface area (TPSA) is 86.7 Å². The third-order valence-electron chi connectivity index (χ3n) is 2.36. The first kappa shape index (κ1) is 14.3. The number of anilines is 2. The van der Waals surface area contributed by atoms with E-state index in [-0.39, 0.29) is 17.0 Å². The molecular formula is C11H16N2O4S. The van der Waals surface area contributed by atoms with Gasteiger partial charge < -0.3 is 10.0 Å². The molecule has 7 heteroatoms. The lowest BCUT2D eigenvalue weighted by atomic mass is 10.1. The molecule has 1 rings (SSSR count). The fraction of sp³-hybridized carbons (Fsp3) is 0.364. The predicted molar refractivity (Wildman–Crippen MR) is 70.8 cm³/mol. The molecule has 0 aliphatic carbocycles. The van der Waals surface area contributed by atoms with Crippen molar-refractivity contribution in [2.45, 2.75) is 6.92 Å². The maximum absolute atomic E-state index is 11.4. The molecule has 0 amide bonds. The van der Waals surface area contributed by atoms with Crippen LogP contribution in [0.2, 0.25) is 0 Å². The van der Waals surface area contributed by atoms with Crippen LogP contribution in [0.4, 0.5) is 11.4 Å². The second kappa shape index (κ2) is 5.26. The summed E-state index contributed by atoms with van der Waals surface area (Å²) >= 11 is 0. The van der Waals surface area contributed by atoms with Crippen molar-refractivity contribution in [3.05, 3.63) is 23.8 Å². The standard InChI is InChI=1S/C11H16N2O4S/c1-4-18(16,17)12-8-5-6-10(13(2)3)9(7-8)11(14)15/h5-7,12H,4H2,1-3H3,(H,14,15). The Kier molecular flexibility index (Phi) is 4.18. The minimum Gasteiger partial charge on any atom is -0.478 e. The van der Waals surface area contributed by atoms with Crippen molar-refractivity contribution in [2.75, 3.05) is 29.5 Å². The molecule has 0 radical (unpaired) electrons. The Morgan fingerprint density at radius 3 is 2.44 bits per heavy atom. The van der Waals surface area contributed by atoms with Crippen LogP contribution in [-0.4, -0.2) is 39.3 Å². The maximum atomic E-state index is 11.4. The van der Waals surface area contributed by atoms with Gasteiger partial charge in [0.1, 0.15) is 0 Å². The Morgan fingerprint density at radius 1 is 1.39 bits per heavy atom. The van der Waals surface area contributed by atoms with Crippen molar-refractivity contribution in [3.63, 3.8) is 0 Å². The normalized spacial score (nSPS) is 11.1. The average molecular weight is 272 g/mol. The highest BCUT2D eigenvalue weighted by Crippen LogP contribution is 2.23. The SMILES string of the molecule is CCS(=O)(=O)Nc1ccc(N(C)C)c(C(=O)O)c1. The van der Waals surface area contributed by atoms with Crippen molar-refractivity contribution in [1.82, 2.24) is 0 Å². The summed E-state index contributed by atoms with van der Waals surface area (Å²) in [6, 6.07) is 4.41. The highest BCUT2D eigenvalue weighted by atomic mass is 32.2. The third kappa shape index (κ3) is 3.36. The molecule has 2 N–H and O–H groups in total. The van der Waals surface area contributed by atoms with Crippen LogP contribution in [0.1, 0.15) is 17.3 Å². The van der Waals surface area contributed by atoms with Crippen LogP contribution in [0.15, 0.2) is 18.2 Å². The average Bonchev–Trinajstić information content (AvgIpc) is 2.28. The molecule has 0 bridgehead atoms. The molecule has 0 atom stereocenters. The molecule has 1 aromatic rings. The summed E-state index contributed by atoms with van der Waals surface area (Å²) in [5.41, 5.74) is 0.818. The number of hydrogen-bond acceptors (Lipinski definition) is 4. The minimum absolute atomic E-state index is 0.0521. The molecule has 0 unspecified atom stereocenters. The molecule has 0 heterocycles. The molecule has 100 valence electrons. The molecule has 18 heavy (non-hydrogen) atoms. The molecule has 1 aromatic carbocycles. The number of nitrogens with zero attached hydrogens (tertiary/aromatic N) is 1. The molecular weight excluding hydrogens is 256 g/mol. The van der Waals surface area contributed by atoms with Gasteiger partial charge in [-0.1, -0.05) is 0 Å². The molecule has 0 aliphatic heterocycles. The lowest BCUT2D eigenvalue weighted by Gasteiger charge is -2.16. The van der Waals surface area contributed by atoms with Crippen LogP contribution in [-0.2, 0) is 10.0 Å². The first-order chi connectivity index (χ1) is 8.26. The Hall–Kier alpha value is -1.76. The zero-order valence-corrected chi connectivity index (χ0v) is 11.3. The Morgan fingerprint density at radius 2 is 2.00 bits per heavy atom. The number of benzene rings is 1. The van der Waals surface area contributed by atoms with E-state index < -0.39 is 16.0 Å². The van der Waals surface area contributed by atoms with Crippen molar-refractivity contribution in [3.8, 4) is 0 Å². The molecule has 0 saturated carbocycles. The van der Waals surface area contributed by atoms with Gasteiger partial charge in [-0.15, -0.1) is 0 Å². The Labute approximate surface area is 106 Å². The Bertz CT molecular complexity index is 552. The molecule has 6 nitrogen and oxygen atoms in total. The largest absolute Gasteiger partial charge is 0.478 e.